The van der Waals surface area contributed by atoms with Crippen LogP contribution in [0.15, 0.2) is 33.7 Å². The highest BCUT2D eigenvalue weighted by Crippen LogP contribution is 2.18. The Kier molecular flexibility index (Phi) is 5.74. The highest BCUT2D eigenvalue weighted by molar-refractivity contribution is 7.89. The Morgan fingerprint density at radius 3 is 2.62 bits per heavy atom. The molecule has 1 aromatic heterocycles. The van der Waals surface area contributed by atoms with Gasteiger partial charge in [0.15, 0.2) is 5.76 Å². The fourth-order valence-electron chi connectivity index (χ4n) is 2.34. The van der Waals surface area contributed by atoms with E-state index in [4.69, 9.17) is 4.52 Å². The highest BCUT2D eigenvalue weighted by atomic mass is 32.2. The molecule has 7 nitrogen and oxygen atoms in total. The van der Waals surface area contributed by atoms with Crippen LogP contribution < -0.4 is 10.0 Å². The molecule has 0 aliphatic carbocycles. The topological polar surface area (TPSA) is 101 Å². The van der Waals surface area contributed by atoms with E-state index in [1.807, 2.05) is 31.2 Å². The Morgan fingerprint density at radius 1 is 1.25 bits per heavy atom. The molecule has 0 unspecified atom stereocenters. The molecule has 8 heteroatoms. The van der Waals surface area contributed by atoms with Crippen LogP contribution in [0.5, 0.6) is 0 Å². The molecule has 0 aliphatic rings. The third-order valence-electron chi connectivity index (χ3n) is 3.45. The normalized spacial score (nSPS) is 11.5. The number of aryl methyl sites for hydroxylation is 3. The molecule has 24 heavy (non-hydrogen) atoms. The maximum Gasteiger partial charge on any atom is 0.245 e. The number of sulfonamides is 1. The molecule has 1 aromatic carbocycles. The Labute approximate surface area is 141 Å². The molecule has 0 bridgehead atoms. The SMILES string of the molecule is Cc1cccc(CNC(=O)CCNS(=O)(=O)c2c(C)noc2C)c1. The number of aromatic nitrogens is 1. The summed E-state index contributed by atoms with van der Waals surface area (Å²) in [4.78, 5) is 11.9. The molecule has 2 N–H and O–H groups in total. The van der Waals surface area contributed by atoms with Crippen LogP contribution in [-0.4, -0.2) is 26.0 Å². The van der Waals surface area contributed by atoms with Crippen molar-refractivity contribution in [3.05, 3.63) is 46.8 Å². The molecular formula is C16H21N3O4S. The van der Waals surface area contributed by atoms with Gasteiger partial charge in [-0.2, -0.15) is 0 Å². The number of carbonyl (C=O) groups excluding carboxylic acids is 1. The molecule has 2 aromatic rings. The predicted molar refractivity (Wildman–Crippen MR) is 88.8 cm³/mol. The molecule has 2 rings (SSSR count). The van der Waals surface area contributed by atoms with Crippen molar-refractivity contribution in [2.24, 2.45) is 0 Å². The molecule has 1 amide bonds. The third kappa shape index (κ3) is 4.65. The van der Waals surface area contributed by atoms with Crippen molar-refractivity contribution in [3.8, 4) is 0 Å². The van der Waals surface area contributed by atoms with E-state index in [0.717, 1.165) is 11.1 Å². The van der Waals surface area contributed by atoms with Gasteiger partial charge >= 0.3 is 0 Å². The number of hydrogen-bond acceptors (Lipinski definition) is 5. The van der Waals surface area contributed by atoms with Gasteiger partial charge in [-0.1, -0.05) is 35.0 Å². The third-order valence-corrected chi connectivity index (χ3v) is 5.16. The molecule has 0 saturated carbocycles. The molecule has 0 saturated heterocycles. The minimum atomic E-state index is -3.73. The van der Waals surface area contributed by atoms with Gasteiger partial charge in [0.25, 0.3) is 0 Å². The van der Waals surface area contributed by atoms with Crippen LogP contribution in [0, 0.1) is 20.8 Å². The maximum atomic E-state index is 12.2. The summed E-state index contributed by atoms with van der Waals surface area (Å²) in [6.45, 7) is 5.49. The van der Waals surface area contributed by atoms with E-state index in [-0.39, 0.29) is 29.5 Å². The van der Waals surface area contributed by atoms with Crippen molar-refractivity contribution in [3.63, 3.8) is 0 Å². The zero-order valence-corrected chi connectivity index (χ0v) is 14.7. The lowest BCUT2D eigenvalue weighted by Crippen LogP contribution is -2.31. The van der Waals surface area contributed by atoms with Crippen LogP contribution in [-0.2, 0) is 21.4 Å². The van der Waals surface area contributed by atoms with Crippen LogP contribution >= 0.6 is 0 Å². The van der Waals surface area contributed by atoms with E-state index < -0.39 is 10.0 Å². The van der Waals surface area contributed by atoms with Crippen molar-refractivity contribution < 1.29 is 17.7 Å². The summed E-state index contributed by atoms with van der Waals surface area (Å²) in [6, 6.07) is 7.82. The zero-order valence-electron chi connectivity index (χ0n) is 13.9. The smallest absolute Gasteiger partial charge is 0.245 e. The summed E-state index contributed by atoms with van der Waals surface area (Å²) < 4.78 is 31.6. The molecule has 0 spiro atoms. The maximum absolute atomic E-state index is 12.2. The van der Waals surface area contributed by atoms with E-state index in [2.05, 4.69) is 15.2 Å². The van der Waals surface area contributed by atoms with Gasteiger partial charge in [-0.15, -0.1) is 0 Å². The van der Waals surface area contributed by atoms with Gasteiger partial charge in [0, 0.05) is 19.5 Å². The van der Waals surface area contributed by atoms with Crippen molar-refractivity contribution in [1.29, 1.82) is 0 Å². The van der Waals surface area contributed by atoms with E-state index in [1.54, 1.807) is 6.92 Å². The van der Waals surface area contributed by atoms with Crippen molar-refractivity contribution in [2.45, 2.75) is 38.6 Å². The molecular weight excluding hydrogens is 330 g/mol. The number of amides is 1. The lowest BCUT2D eigenvalue weighted by atomic mass is 10.1. The second-order valence-corrected chi connectivity index (χ2v) is 7.27. The van der Waals surface area contributed by atoms with Crippen LogP contribution in [0.25, 0.3) is 0 Å². The summed E-state index contributed by atoms with van der Waals surface area (Å²) in [5.41, 5.74) is 2.41. The fraction of sp³-hybridized carbons (Fsp3) is 0.375. The number of nitrogens with zero attached hydrogens (tertiary/aromatic N) is 1. The second kappa shape index (κ2) is 7.59. The molecule has 0 aliphatic heterocycles. The Balaban J connectivity index is 1.82. The zero-order chi connectivity index (χ0) is 17.7. The van der Waals surface area contributed by atoms with Crippen molar-refractivity contribution in [2.75, 3.05) is 6.54 Å². The molecule has 0 radical (unpaired) electrons. The van der Waals surface area contributed by atoms with Crippen molar-refractivity contribution in [1.82, 2.24) is 15.2 Å². The molecule has 1 heterocycles. The summed E-state index contributed by atoms with van der Waals surface area (Å²) >= 11 is 0. The number of nitrogens with one attached hydrogen (secondary N) is 2. The van der Waals surface area contributed by atoms with Crippen LogP contribution in [0.1, 0.15) is 29.0 Å². The van der Waals surface area contributed by atoms with Gasteiger partial charge in [0.05, 0.1) is 0 Å². The minimum absolute atomic E-state index is 0.00600. The molecule has 0 atom stereocenters. The average molecular weight is 351 g/mol. The van der Waals surface area contributed by atoms with Gasteiger partial charge in [-0.25, -0.2) is 13.1 Å². The average Bonchev–Trinajstić information content (AvgIpc) is 2.85. The van der Waals surface area contributed by atoms with E-state index in [9.17, 15) is 13.2 Å². The number of hydrogen-bond donors (Lipinski definition) is 2. The predicted octanol–water partition coefficient (Wildman–Crippen LogP) is 1.58. The largest absolute Gasteiger partial charge is 0.360 e. The quantitative estimate of drug-likeness (QED) is 0.789. The van der Waals surface area contributed by atoms with E-state index in [1.165, 1.54) is 6.92 Å². The first-order valence-corrected chi connectivity index (χ1v) is 9.02. The van der Waals surface area contributed by atoms with E-state index >= 15 is 0 Å². The summed E-state index contributed by atoms with van der Waals surface area (Å²) in [5.74, 6) is 0.00173. The summed E-state index contributed by atoms with van der Waals surface area (Å²) in [7, 11) is -3.73. The molecule has 130 valence electrons. The number of benzene rings is 1. The lowest BCUT2D eigenvalue weighted by Gasteiger charge is -2.08. The van der Waals surface area contributed by atoms with Gasteiger partial charge in [-0.05, 0) is 26.3 Å². The Bertz CT molecular complexity index is 808. The first-order valence-electron chi connectivity index (χ1n) is 7.54. The monoisotopic (exact) mass is 351 g/mol. The summed E-state index contributed by atoms with van der Waals surface area (Å²) in [5, 5.41) is 6.39. The van der Waals surface area contributed by atoms with Gasteiger partial charge < -0.3 is 9.84 Å². The van der Waals surface area contributed by atoms with E-state index in [0.29, 0.717) is 12.2 Å². The van der Waals surface area contributed by atoms with Crippen molar-refractivity contribution >= 4 is 15.9 Å². The van der Waals surface area contributed by atoms with Gasteiger partial charge in [0.1, 0.15) is 10.6 Å². The Hall–Kier alpha value is -2.19. The Morgan fingerprint density at radius 2 is 2.00 bits per heavy atom. The first kappa shape index (κ1) is 18.2. The second-order valence-electron chi connectivity index (χ2n) is 5.57. The number of rotatable bonds is 7. The van der Waals surface area contributed by atoms with Crippen LogP contribution in [0.2, 0.25) is 0 Å². The summed E-state index contributed by atoms with van der Waals surface area (Å²) in [6.07, 6.45) is 0.0500. The molecule has 0 fully saturated rings. The first-order chi connectivity index (χ1) is 11.3. The van der Waals surface area contributed by atoms with Gasteiger partial charge in [-0.3, -0.25) is 4.79 Å². The standard InChI is InChI=1S/C16H21N3O4S/c1-11-5-4-6-14(9-11)10-17-15(20)7-8-18-24(21,22)16-12(2)19-23-13(16)3/h4-6,9,18H,7-8,10H2,1-3H3,(H,17,20). The van der Waals surface area contributed by atoms with Crippen LogP contribution in [0.4, 0.5) is 0 Å². The van der Waals surface area contributed by atoms with Gasteiger partial charge in [0.2, 0.25) is 15.9 Å². The van der Waals surface area contributed by atoms with Crippen LogP contribution in [0.3, 0.4) is 0 Å². The highest BCUT2D eigenvalue weighted by Gasteiger charge is 2.23. The minimum Gasteiger partial charge on any atom is -0.360 e. The fourth-order valence-corrected chi connectivity index (χ4v) is 3.70. The lowest BCUT2D eigenvalue weighted by molar-refractivity contribution is -0.121. The number of carbonyl (C=O) groups is 1.